The fourth-order valence-electron chi connectivity index (χ4n) is 2.26. The molecule has 0 unspecified atom stereocenters. The zero-order valence-corrected chi connectivity index (χ0v) is 17.3. The van der Waals surface area contributed by atoms with Crippen LogP contribution in [0.2, 0.25) is 0 Å². The van der Waals surface area contributed by atoms with E-state index in [0.717, 1.165) is 11.3 Å². The summed E-state index contributed by atoms with van der Waals surface area (Å²) < 4.78 is 32.0. The van der Waals surface area contributed by atoms with Crippen LogP contribution in [0, 0.1) is 6.92 Å². The Hall–Kier alpha value is -3.51. The number of amides is 1. The average molecular weight is 447 g/mol. The predicted molar refractivity (Wildman–Crippen MR) is 112 cm³/mol. The van der Waals surface area contributed by atoms with Crippen molar-refractivity contribution in [3.63, 3.8) is 0 Å². The number of ether oxygens (including phenoxy) is 1. The maximum atomic E-state index is 12.4. The van der Waals surface area contributed by atoms with Gasteiger partial charge >= 0.3 is 5.97 Å². The smallest absolute Gasteiger partial charge is 0.338 e. The zero-order valence-electron chi connectivity index (χ0n) is 15.7. The molecule has 3 aromatic rings. The predicted octanol–water partition coefficient (Wildman–Crippen LogP) is 2.03. The highest BCUT2D eigenvalue weighted by molar-refractivity contribution is 7.93. The fraction of sp³-hybridized carbons (Fsp3) is 0.111. The van der Waals surface area contributed by atoms with Crippen molar-refractivity contribution in [3.05, 3.63) is 59.1 Å². The van der Waals surface area contributed by atoms with Gasteiger partial charge in [-0.1, -0.05) is 11.3 Å². The van der Waals surface area contributed by atoms with Gasteiger partial charge in [-0.2, -0.15) is 0 Å². The average Bonchev–Trinajstić information content (AvgIpc) is 3.11. The molecule has 1 amide bonds. The molecule has 0 aliphatic rings. The lowest BCUT2D eigenvalue weighted by molar-refractivity contribution is -0.119. The summed E-state index contributed by atoms with van der Waals surface area (Å²) in [6.07, 6.45) is 0. The van der Waals surface area contributed by atoms with Crippen LogP contribution in [0.5, 0.6) is 0 Å². The van der Waals surface area contributed by atoms with Gasteiger partial charge in [0.1, 0.15) is 5.01 Å². The van der Waals surface area contributed by atoms with E-state index in [1.54, 1.807) is 19.1 Å². The van der Waals surface area contributed by atoms with E-state index in [2.05, 4.69) is 20.2 Å². The molecule has 4 N–H and O–H groups in total. The number of sulfonamides is 1. The first-order valence-electron chi connectivity index (χ1n) is 8.48. The second kappa shape index (κ2) is 8.88. The van der Waals surface area contributed by atoms with E-state index >= 15 is 0 Å². The van der Waals surface area contributed by atoms with Crippen molar-refractivity contribution in [2.75, 3.05) is 22.4 Å². The minimum absolute atomic E-state index is 0.0110. The first kappa shape index (κ1) is 21.2. The van der Waals surface area contributed by atoms with E-state index in [9.17, 15) is 18.0 Å². The normalized spacial score (nSPS) is 11.0. The van der Waals surface area contributed by atoms with Crippen LogP contribution in [0.15, 0.2) is 53.4 Å². The van der Waals surface area contributed by atoms with Gasteiger partial charge in [0.2, 0.25) is 5.13 Å². The number of nitrogen functional groups attached to an aromatic ring is 1. The van der Waals surface area contributed by atoms with Gasteiger partial charge < -0.3 is 15.8 Å². The van der Waals surface area contributed by atoms with Crippen molar-refractivity contribution in [1.82, 2.24) is 10.2 Å². The number of aryl methyl sites for hydroxylation is 1. The third-order valence-electron chi connectivity index (χ3n) is 3.68. The molecule has 3 rings (SSSR count). The number of carbonyl (C=O) groups is 2. The lowest BCUT2D eigenvalue weighted by Crippen LogP contribution is -2.21. The molecule has 156 valence electrons. The van der Waals surface area contributed by atoms with Crippen LogP contribution in [0.1, 0.15) is 15.4 Å². The number of nitrogens with one attached hydrogen (secondary N) is 2. The van der Waals surface area contributed by atoms with Gasteiger partial charge in [0.25, 0.3) is 15.9 Å². The summed E-state index contributed by atoms with van der Waals surface area (Å²) >= 11 is 1.11. The molecule has 0 bridgehead atoms. The molecular formula is C18H17N5O5S2. The van der Waals surface area contributed by atoms with E-state index < -0.39 is 28.5 Å². The number of nitrogens with two attached hydrogens (primary N) is 1. The summed E-state index contributed by atoms with van der Waals surface area (Å²) in [5.74, 6) is -1.23. The number of nitrogens with zero attached hydrogens (tertiary/aromatic N) is 2. The summed E-state index contributed by atoms with van der Waals surface area (Å²) in [5.41, 5.74) is 6.66. The molecule has 0 aliphatic carbocycles. The number of esters is 1. The summed E-state index contributed by atoms with van der Waals surface area (Å²) in [6, 6.07) is 11.6. The number of hydrogen-bond acceptors (Lipinski definition) is 9. The van der Waals surface area contributed by atoms with Gasteiger partial charge in [-0.05, 0) is 55.5 Å². The molecule has 1 aromatic heterocycles. The van der Waals surface area contributed by atoms with Crippen LogP contribution in [0.4, 0.5) is 16.5 Å². The quantitative estimate of drug-likeness (QED) is 0.367. The molecule has 0 aliphatic heterocycles. The topological polar surface area (TPSA) is 153 Å². The minimum atomic E-state index is -3.83. The minimum Gasteiger partial charge on any atom is -0.452 e. The Labute approximate surface area is 176 Å². The zero-order chi connectivity index (χ0) is 21.7. The van der Waals surface area contributed by atoms with Crippen molar-refractivity contribution in [3.8, 4) is 0 Å². The highest BCUT2D eigenvalue weighted by Crippen LogP contribution is 2.20. The second-order valence-corrected chi connectivity index (χ2v) is 8.87. The number of aromatic nitrogens is 2. The maximum Gasteiger partial charge on any atom is 0.338 e. The van der Waals surface area contributed by atoms with Crippen molar-refractivity contribution < 1.29 is 22.7 Å². The van der Waals surface area contributed by atoms with Gasteiger partial charge in [0, 0.05) is 11.4 Å². The van der Waals surface area contributed by atoms with Gasteiger partial charge in [-0.3, -0.25) is 9.52 Å². The van der Waals surface area contributed by atoms with Crippen LogP contribution in [0.25, 0.3) is 0 Å². The number of carbonyl (C=O) groups excluding carboxylic acids is 2. The van der Waals surface area contributed by atoms with Gasteiger partial charge in [0.05, 0.1) is 10.5 Å². The molecule has 0 spiro atoms. The standard InChI is InChI=1S/C18H17N5O5S2/c1-11-21-22-18(29-11)23-30(26,27)15-8-6-14(7-9-15)20-16(24)10-28-17(25)12-2-4-13(19)5-3-12/h2-9H,10,19H2,1H3,(H,20,24)(H,22,23). The Balaban J connectivity index is 1.55. The fourth-order valence-corrected chi connectivity index (χ4v) is 4.08. The summed E-state index contributed by atoms with van der Waals surface area (Å²) in [4.78, 5) is 23.9. The van der Waals surface area contributed by atoms with Crippen LogP contribution >= 0.6 is 11.3 Å². The molecule has 2 aromatic carbocycles. The van der Waals surface area contributed by atoms with Gasteiger partial charge in [-0.15, -0.1) is 10.2 Å². The third kappa shape index (κ3) is 5.52. The largest absolute Gasteiger partial charge is 0.452 e. The molecule has 10 nitrogen and oxygen atoms in total. The molecular weight excluding hydrogens is 430 g/mol. The Bertz CT molecular complexity index is 1160. The van der Waals surface area contributed by atoms with Crippen molar-refractivity contribution >= 4 is 49.7 Å². The molecule has 0 fully saturated rings. The van der Waals surface area contributed by atoms with E-state index in [1.807, 2.05) is 0 Å². The van der Waals surface area contributed by atoms with Crippen molar-refractivity contribution in [2.24, 2.45) is 0 Å². The van der Waals surface area contributed by atoms with Gasteiger partial charge in [0.15, 0.2) is 6.61 Å². The molecule has 0 radical (unpaired) electrons. The Morgan fingerprint density at radius 3 is 2.33 bits per heavy atom. The van der Waals surface area contributed by atoms with Gasteiger partial charge in [-0.25, -0.2) is 13.2 Å². The first-order chi connectivity index (χ1) is 14.2. The molecule has 1 heterocycles. The number of rotatable bonds is 7. The molecule has 12 heteroatoms. The van der Waals surface area contributed by atoms with E-state index in [1.165, 1.54) is 36.4 Å². The molecule has 0 atom stereocenters. The van der Waals surface area contributed by atoms with Crippen LogP contribution in [-0.2, 0) is 19.6 Å². The van der Waals surface area contributed by atoms with E-state index in [-0.39, 0.29) is 15.6 Å². The van der Waals surface area contributed by atoms with E-state index in [0.29, 0.717) is 16.4 Å². The monoisotopic (exact) mass is 447 g/mol. The molecule has 0 saturated heterocycles. The maximum absolute atomic E-state index is 12.4. The van der Waals surface area contributed by atoms with Crippen molar-refractivity contribution in [2.45, 2.75) is 11.8 Å². The number of anilines is 3. The van der Waals surface area contributed by atoms with E-state index in [4.69, 9.17) is 10.5 Å². The highest BCUT2D eigenvalue weighted by atomic mass is 32.2. The van der Waals surface area contributed by atoms with Crippen molar-refractivity contribution in [1.29, 1.82) is 0 Å². The Morgan fingerprint density at radius 2 is 1.73 bits per heavy atom. The summed E-state index contributed by atoms with van der Waals surface area (Å²) in [7, 11) is -3.83. The van der Waals surface area contributed by atoms with Crippen LogP contribution in [0.3, 0.4) is 0 Å². The second-order valence-electron chi connectivity index (χ2n) is 6.00. The number of benzene rings is 2. The Morgan fingerprint density at radius 1 is 1.07 bits per heavy atom. The molecule has 0 saturated carbocycles. The highest BCUT2D eigenvalue weighted by Gasteiger charge is 2.17. The lowest BCUT2D eigenvalue weighted by atomic mass is 10.2. The lowest BCUT2D eigenvalue weighted by Gasteiger charge is -2.08. The summed E-state index contributed by atoms with van der Waals surface area (Å²) in [5, 5.41) is 10.8. The third-order valence-corrected chi connectivity index (χ3v) is 5.91. The number of hydrogen-bond donors (Lipinski definition) is 3. The first-order valence-corrected chi connectivity index (χ1v) is 10.8. The summed E-state index contributed by atoms with van der Waals surface area (Å²) in [6.45, 7) is 1.21. The Kier molecular flexibility index (Phi) is 6.28. The SMILES string of the molecule is Cc1nnc(NS(=O)(=O)c2ccc(NC(=O)COC(=O)c3ccc(N)cc3)cc2)s1. The molecule has 30 heavy (non-hydrogen) atoms. The van der Waals surface area contributed by atoms with Crippen LogP contribution in [-0.4, -0.2) is 37.1 Å². The van der Waals surface area contributed by atoms with Crippen LogP contribution < -0.4 is 15.8 Å².